The number of nitrogens with zero attached hydrogens (tertiary/aromatic N) is 1. The average molecular weight is 338 g/mol. The van der Waals surface area contributed by atoms with Gasteiger partial charge in [-0.2, -0.15) is 0 Å². The predicted octanol–water partition coefficient (Wildman–Crippen LogP) is 3.62. The smallest absolute Gasteiger partial charge is 0.290 e. The summed E-state index contributed by atoms with van der Waals surface area (Å²) in [6, 6.07) is 11.9. The van der Waals surface area contributed by atoms with E-state index in [2.05, 4.69) is 0 Å². The van der Waals surface area contributed by atoms with Crippen LogP contribution in [0.25, 0.3) is 21.7 Å². The summed E-state index contributed by atoms with van der Waals surface area (Å²) in [5.74, 6) is -0.530. The zero-order valence-corrected chi connectivity index (χ0v) is 14.5. The Labute approximate surface area is 146 Å². The standard InChI is InChI=1S/C20H22N2O3/c1-3-4-11-22(12-17(21)23)20(24)18-13(2)15-10-9-14-7-5-6-8-16(14)19(15)25-18/h5-10H,3-4,11-12H2,1-2H3,(H2,21,23). The van der Waals surface area contributed by atoms with Gasteiger partial charge in [0.25, 0.3) is 5.91 Å². The quantitative estimate of drug-likeness (QED) is 0.746. The van der Waals surface area contributed by atoms with Crippen LogP contribution < -0.4 is 5.73 Å². The van der Waals surface area contributed by atoms with Gasteiger partial charge >= 0.3 is 0 Å². The summed E-state index contributed by atoms with van der Waals surface area (Å²) in [7, 11) is 0. The molecule has 0 aliphatic heterocycles. The van der Waals surface area contributed by atoms with Gasteiger partial charge in [0.2, 0.25) is 5.91 Å². The van der Waals surface area contributed by atoms with Crippen LogP contribution in [0.5, 0.6) is 0 Å². The lowest BCUT2D eigenvalue weighted by molar-refractivity contribution is -0.118. The Morgan fingerprint density at radius 2 is 1.88 bits per heavy atom. The summed E-state index contributed by atoms with van der Waals surface area (Å²) in [5, 5.41) is 2.94. The normalized spacial score (nSPS) is 11.1. The van der Waals surface area contributed by atoms with E-state index >= 15 is 0 Å². The second-order valence-electron chi connectivity index (χ2n) is 6.27. The molecule has 130 valence electrons. The summed E-state index contributed by atoms with van der Waals surface area (Å²) in [4.78, 5) is 25.7. The number of primary amides is 1. The van der Waals surface area contributed by atoms with Crippen molar-refractivity contribution in [2.45, 2.75) is 26.7 Å². The zero-order valence-electron chi connectivity index (χ0n) is 14.5. The van der Waals surface area contributed by atoms with Gasteiger partial charge in [0.05, 0.1) is 6.54 Å². The summed E-state index contributed by atoms with van der Waals surface area (Å²) < 4.78 is 5.97. The maximum absolute atomic E-state index is 12.9. The van der Waals surface area contributed by atoms with Crippen molar-refractivity contribution in [3.8, 4) is 0 Å². The topological polar surface area (TPSA) is 76.5 Å². The van der Waals surface area contributed by atoms with E-state index in [0.29, 0.717) is 12.1 Å². The number of hydrogen-bond acceptors (Lipinski definition) is 3. The molecule has 2 N–H and O–H groups in total. The maximum Gasteiger partial charge on any atom is 0.290 e. The first-order valence-electron chi connectivity index (χ1n) is 8.51. The van der Waals surface area contributed by atoms with E-state index in [1.807, 2.05) is 50.2 Å². The fraction of sp³-hybridized carbons (Fsp3) is 0.300. The third-order valence-corrected chi connectivity index (χ3v) is 4.44. The predicted molar refractivity (Wildman–Crippen MR) is 98.5 cm³/mol. The van der Waals surface area contributed by atoms with Crippen LogP contribution in [0.4, 0.5) is 0 Å². The summed E-state index contributed by atoms with van der Waals surface area (Å²) >= 11 is 0. The van der Waals surface area contributed by atoms with E-state index in [1.54, 1.807) is 0 Å². The highest BCUT2D eigenvalue weighted by Gasteiger charge is 2.24. The van der Waals surface area contributed by atoms with Crippen molar-refractivity contribution >= 4 is 33.6 Å². The van der Waals surface area contributed by atoms with Crippen molar-refractivity contribution in [2.24, 2.45) is 5.73 Å². The minimum absolute atomic E-state index is 0.101. The number of unbranched alkanes of at least 4 members (excludes halogenated alkanes) is 1. The largest absolute Gasteiger partial charge is 0.450 e. The lowest BCUT2D eigenvalue weighted by atomic mass is 10.1. The molecule has 0 radical (unpaired) electrons. The van der Waals surface area contributed by atoms with Crippen LogP contribution in [0.3, 0.4) is 0 Å². The molecule has 25 heavy (non-hydrogen) atoms. The van der Waals surface area contributed by atoms with Crippen LogP contribution >= 0.6 is 0 Å². The van der Waals surface area contributed by atoms with Crippen LogP contribution in [0, 0.1) is 6.92 Å². The number of benzene rings is 2. The first kappa shape index (κ1) is 17.0. The van der Waals surface area contributed by atoms with Crippen molar-refractivity contribution in [1.29, 1.82) is 0 Å². The van der Waals surface area contributed by atoms with Crippen LogP contribution in [0.15, 0.2) is 40.8 Å². The molecule has 5 heteroatoms. The van der Waals surface area contributed by atoms with E-state index in [0.717, 1.165) is 34.6 Å². The van der Waals surface area contributed by atoms with Gasteiger partial charge in [-0.1, -0.05) is 49.7 Å². The molecule has 2 aromatic carbocycles. The molecule has 5 nitrogen and oxygen atoms in total. The van der Waals surface area contributed by atoms with Crippen molar-refractivity contribution < 1.29 is 14.0 Å². The molecule has 1 aromatic heterocycles. The molecule has 0 unspecified atom stereocenters. The minimum atomic E-state index is -0.524. The van der Waals surface area contributed by atoms with Crippen molar-refractivity contribution in [3.05, 3.63) is 47.7 Å². The summed E-state index contributed by atoms with van der Waals surface area (Å²) in [5.41, 5.74) is 6.80. The van der Waals surface area contributed by atoms with E-state index < -0.39 is 5.91 Å². The lowest BCUT2D eigenvalue weighted by Crippen LogP contribution is -2.39. The number of rotatable bonds is 6. The maximum atomic E-state index is 12.9. The van der Waals surface area contributed by atoms with Crippen molar-refractivity contribution in [3.63, 3.8) is 0 Å². The van der Waals surface area contributed by atoms with Crippen LogP contribution in [-0.4, -0.2) is 29.8 Å². The second kappa shape index (κ2) is 6.97. The van der Waals surface area contributed by atoms with Gasteiger partial charge in [-0.05, 0) is 18.7 Å². The monoisotopic (exact) mass is 338 g/mol. The van der Waals surface area contributed by atoms with E-state index in [4.69, 9.17) is 10.2 Å². The molecule has 0 bridgehead atoms. The van der Waals surface area contributed by atoms with Crippen LogP contribution in [-0.2, 0) is 4.79 Å². The Kier molecular flexibility index (Phi) is 4.74. The van der Waals surface area contributed by atoms with Gasteiger partial charge in [0.1, 0.15) is 5.58 Å². The fourth-order valence-electron chi connectivity index (χ4n) is 3.09. The number of nitrogens with two attached hydrogens (primary N) is 1. The van der Waals surface area contributed by atoms with Gasteiger partial charge in [-0.15, -0.1) is 0 Å². The van der Waals surface area contributed by atoms with Gasteiger partial charge < -0.3 is 15.1 Å². The molecule has 0 fully saturated rings. The first-order chi connectivity index (χ1) is 12.0. The Morgan fingerprint density at radius 3 is 2.60 bits per heavy atom. The third-order valence-electron chi connectivity index (χ3n) is 4.44. The second-order valence-corrected chi connectivity index (χ2v) is 6.27. The average Bonchev–Trinajstić information content (AvgIpc) is 2.95. The number of aryl methyl sites for hydroxylation is 1. The number of amides is 2. The molecular weight excluding hydrogens is 316 g/mol. The van der Waals surface area contributed by atoms with Gasteiger partial charge in [0, 0.05) is 22.9 Å². The molecule has 3 rings (SSSR count). The number of carbonyl (C=O) groups is 2. The molecule has 0 aliphatic rings. The highest BCUT2D eigenvalue weighted by atomic mass is 16.3. The van der Waals surface area contributed by atoms with Crippen molar-refractivity contribution in [2.75, 3.05) is 13.1 Å². The first-order valence-corrected chi connectivity index (χ1v) is 8.51. The Morgan fingerprint density at radius 1 is 1.12 bits per heavy atom. The molecule has 2 amide bonds. The third kappa shape index (κ3) is 3.22. The highest BCUT2D eigenvalue weighted by Crippen LogP contribution is 2.32. The Bertz CT molecular complexity index is 943. The molecule has 0 aliphatic carbocycles. The zero-order chi connectivity index (χ0) is 18.0. The summed E-state index contributed by atoms with van der Waals surface area (Å²) in [6.07, 6.45) is 1.73. The SMILES string of the molecule is CCCCN(CC(N)=O)C(=O)c1oc2c(ccc3ccccc32)c1C. The Balaban J connectivity index is 2.07. The molecule has 3 aromatic rings. The summed E-state index contributed by atoms with van der Waals surface area (Å²) in [6.45, 7) is 4.28. The van der Waals surface area contributed by atoms with Crippen LogP contribution in [0.1, 0.15) is 35.9 Å². The number of fused-ring (bicyclic) bond motifs is 3. The van der Waals surface area contributed by atoms with Gasteiger partial charge in [-0.3, -0.25) is 9.59 Å². The fourth-order valence-corrected chi connectivity index (χ4v) is 3.09. The Hall–Kier alpha value is -2.82. The lowest BCUT2D eigenvalue weighted by Gasteiger charge is -2.19. The number of carbonyl (C=O) groups excluding carboxylic acids is 2. The molecular formula is C20H22N2O3. The van der Waals surface area contributed by atoms with E-state index in [9.17, 15) is 9.59 Å². The van der Waals surface area contributed by atoms with E-state index in [1.165, 1.54) is 4.90 Å². The van der Waals surface area contributed by atoms with Gasteiger partial charge in [-0.25, -0.2) is 0 Å². The van der Waals surface area contributed by atoms with Crippen LogP contribution in [0.2, 0.25) is 0 Å². The molecule has 1 heterocycles. The molecule has 0 saturated heterocycles. The highest BCUT2D eigenvalue weighted by molar-refractivity contribution is 6.09. The molecule has 0 spiro atoms. The van der Waals surface area contributed by atoms with E-state index in [-0.39, 0.29) is 18.2 Å². The number of furan rings is 1. The molecule has 0 saturated carbocycles. The molecule has 0 atom stereocenters. The van der Waals surface area contributed by atoms with Gasteiger partial charge in [0.15, 0.2) is 5.76 Å². The minimum Gasteiger partial charge on any atom is -0.450 e. The number of hydrogen-bond donors (Lipinski definition) is 1. The van der Waals surface area contributed by atoms with Crippen molar-refractivity contribution in [1.82, 2.24) is 4.90 Å².